The van der Waals surface area contributed by atoms with Crippen LogP contribution in [0, 0.1) is 0 Å². The van der Waals surface area contributed by atoms with Gasteiger partial charge >= 0.3 is 5.97 Å². The van der Waals surface area contributed by atoms with Crippen LogP contribution in [0.4, 0.5) is 0 Å². The molecule has 1 aliphatic rings. The monoisotopic (exact) mass is 307 g/mol. The second kappa shape index (κ2) is 7.15. The maximum absolute atomic E-state index is 11.5. The number of benzene rings is 1. The van der Waals surface area contributed by atoms with E-state index in [-0.39, 0.29) is 6.04 Å². The molecule has 1 aromatic rings. The Morgan fingerprint density at radius 1 is 1.05 bits per heavy atom. The van der Waals surface area contributed by atoms with Crippen LogP contribution in [0.25, 0.3) is 0 Å². The van der Waals surface area contributed by atoms with Crippen molar-refractivity contribution in [1.82, 2.24) is 0 Å². The van der Waals surface area contributed by atoms with E-state index < -0.39 is 5.97 Å². The Kier molecular flexibility index (Phi) is 5.25. The quantitative estimate of drug-likeness (QED) is 0.691. The first-order valence-corrected chi connectivity index (χ1v) is 7.38. The minimum absolute atomic E-state index is 0.290. The van der Waals surface area contributed by atoms with Crippen molar-refractivity contribution < 1.29 is 23.7 Å². The molecular weight excluding hydrogens is 286 g/mol. The Labute approximate surface area is 130 Å². The van der Waals surface area contributed by atoms with E-state index in [1.807, 2.05) is 32.9 Å². The van der Waals surface area contributed by atoms with E-state index >= 15 is 0 Å². The van der Waals surface area contributed by atoms with Gasteiger partial charge in [-0.3, -0.25) is 4.99 Å². The lowest BCUT2D eigenvalue weighted by Gasteiger charge is -2.16. The smallest absolute Gasteiger partial charge is 0.354 e. The summed E-state index contributed by atoms with van der Waals surface area (Å²) in [6, 6.07) is 3.38. The SMILES string of the molecule is CCOc1cc(C2N=C2C(=O)OC)cc(OCC)c1OCC. The maximum Gasteiger partial charge on any atom is 0.354 e. The van der Waals surface area contributed by atoms with Gasteiger partial charge in [-0.1, -0.05) is 0 Å². The van der Waals surface area contributed by atoms with E-state index in [4.69, 9.17) is 14.2 Å². The van der Waals surface area contributed by atoms with Crippen LogP contribution in [0.5, 0.6) is 17.2 Å². The second-order valence-electron chi connectivity index (χ2n) is 4.55. The number of carbonyl (C=O) groups excluding carboxylic acids is 1. The van der Waals surface area contributed by atoms with Gasteiger partial charge in [0, 0.05) is 0 Å². The lowest BCUT2D eigenvalue weighted by atomic mass is 10.1. The van der Waals surface area contributed by atoms with Gasteiger partial charge in [0.2, 0.25) is 5.75 Å². The third-order valence-corrected chi connectivity index (χ3v) is 3.10. The third-order valence-electron chi connectivity index (χ3n) is 3.10. The van der Waals surface area contributed by atoms with Crippen LogP contribution in [-0.4, -0.2) is 38.6 Å². The maximum atomic E-state index is 11.5. The standard InChI is InChI=1S/C16H21NO5/c1-5-20-11-8-10(13-14(17-13)16(18)19-4)9-12(21-6-2)15(11)22-7-3/h8-9,13H,5-7H2,1-4H3. The van der Waals surface area contributed by atoms with Crippen LogP contribution in [-0.2, 0) is 9.53 Å². The number of rotatable bonds is 8. The van der Waals surface area contributed by atoms with Crippen molar-refractivity contribution in [3.8, 4) is 17.2 Å². The van der Waals surface area contributed by atoms with Gasteiger partial charge in [0.15, 0.2) is 17.2 Å². The van der Waals surface area contributed by atoms with E-state index in [0.29, 0.717) is 42.8 Å². The zero-order valence-electron chi connectivity index (χ0n) is 13.3. The predicted octanol–water partition coefficient (Wildman–Crippen LogP) is 2.55. The van der Waals surface area contributed by atoms with Gasteiger partial charge in [-0.15, -0.1) is 0 Å². The fourth-order valence-corrected chi connectivity index (χ4v) is 2.17. The number of hydrogen-bond acceptors (Lipinski definition) is 6. The van der Waals surface area contributed by atoms with E-state index in [2.05, 4.69) is 9.73 Å². The number of ether oxygens (including phenoxy) is 4. The lowest BCUT2D eigenvalue weighted by molar-refractivity contribution is -0.132. The number of carbonyl (C=O) groups is 1. The third kappa shape index (κ3) is 3.32. The van der Waals surface area contributed by atoms with Gasteiger partial charge in [-0.05, 0) is 38.5 Å². The summed E-state index contributed by atoms with van der Waals surface area (Å²) in [5.41, 5.74) is 1.24. The molecule has 0 spiro atoms. The van der Waals surface area contributed by atoms with Crippen LogP contribution in [0.15, 0.2) is 17.1 Å². The number of aliphatic imine (C=N–C) groups is 1. The average molecular weight is 307 g/mol. The summed E-state index contributed by atoms with van der Waals surface area (Å²) in [5.74, 6) is 1.36. The number of methoxy groups -OCH3 is 1. The molecule has 22 heavy (non-hydrogen) atoms. The molecule has 1 aromatic carbocycles. The molecule has 0 fully saturated rings. The molecule has 1 unspecified atom stereocenters. The van der Waals surface area contributed by atoms with Crippen molar-refractivity contribution >= 4 is 11.7 Å². The second-order valence-corrected chi connectivity index (χ2v) is 4.55. The van der Waals surface area contributed by atoms with Crippen molar-refractivity contribution in [3.63, 3.8) is 0 Å². The number of hydrogen-bond donors (Lipinski definition) is 0. The van der Waals surface area contributed by atoms with Crippen LogP contribution in [0.2, 0.25) is 0 Å². The number of esters is 1. The molecule has 0 radical (unpaired) electrons. The highest BCUT2D eigenvalue weighted by Crippen LogP contribution is 2.43. The number of nitrogens with zero attached hydrogens (tertiary/aromatic N) is 1. The summed E-state index contributed by atoms with van der Waals surface area (Å²) >= 11 is 0. The van der Waals surface area contributed by atoms with Crippen LogP contribution in [0.1, 0.15) is 32.4 Å². The van der Waals surface area contributed by atoms with E-state index in [9.17, 15) is 4.79 Å². The van der Waals surface area contributed by atoms with Crippen molar-refractivity contribution in [2.45, 2.75) is 26.8 Å². The van der Waals surface area contributed by atoms with E-state index in [0.717, 1.165) is 5.56 Å². The largest absolute Gasteiger partial charge is 0.490 e. The molecule has 0 aromatic heterocycles. The summed E-state index contributed by atoms with van der Waals surface area (Å²) < 4.78 is 21.6. The molecule has 2 rings (SSSR count). The van der Waals surface area contributed by atoms with Gasteiger partial charge in [0.25, 0.3) is 0 Å². The summed E-state index contributed by atoms with van der Waals surface area (Å²) in [6.07, 6.45) is 0. The summed E-state index contributed by atoms with van der Waals surface area (Å²) in [4.78, 5) is 15.7. The van der Waals surface area contributed by atoms with Crippen LogP contribution < -0.4 is 14.2 Å². The Bertz CT molecular complexity index is 555. The van der Waals surface area contributed by atoms with Crippen molar-refractivity contribution in [3.05, 3.63) is 17.7 Å². The summed E-state index contributed by atoms with van der Waals surface area (Å²) in [5, 5.41) is 0. The van der Waals surface area contributed by atoms with Crippen LogP contribution >= 0.6 is 0 Å². The lowest BCUT2D eigenvalue weighted by Crippen LogP contribution is -2.09. The topological polar surface area (TPSA) is 66.4 Å². The molecule has 120 valence electrons. The molecule has 1 aliphatic heterocycles. The molecule has 0 aliphatic carbocycles. The van der Waals surface area contributed by atoms with Crippen molar-refractivity contribution in [1.29, 1.82) is 0 Å². The first-order valence-electron chi connectivity index (χ1n) is 7.38. The van der Waals surface area contributed by atoms with Gasteiger partial charge in [-0.25, -0.2) is 4.79 Å². The summed E-state index contributed by atoms with van der Waals surface area (Å²) in [7, 11) is 1.34. The minimum atomic E-state index is -0.408. The molecule has 0 N–H and O–H groups in total. The fraction of sp³-hybridized carbons (Fsp3) is 0.500. The highest BCUT2D eigenvalue weighted by Gasteiger charge is 2.37. The zero-order valence-corrected chi connectivity index (χ0v) is 13.3. The highest BCUT2D eigenvalue weighted by atomic mass is 16.5. The molecule has 0 amide bonds. The molecule has 1 atom stereocenters. The molecule has 0 bridgehead atoms. The Morgan fingerprint density at radius 3 is 2.05 bits per heavy atom. The molecule has 6 heteroatoms. The molecule has 0 saturated heterocycles. The molecule has 1 heterocycles. The molecule has 6 nitrogen and oxygen atoms in total. The first kappa shape index (κ1) is 16.1. The van der Waals surface area contributed by atoms with Crippen molar-refractivity contribution in [2.75, 3.05) is 26.9 Å². The Hall–Kier alpha value is -2.24. The first-order chi connectivity index (χ1) is 10.7. The van der Waals surface area contributed by atoms with Crippen molar-refractivity contribution in [2.24, 2.45) is 4.99 Å². The normalized spacial score (nSPS) is 15.8. The van der Waals surface area contributed by atoms with Crippen LogP contribution in [0.3, 0.4) is 0 Å². The van der Waals surface area contributed by atoms with Gasteiger partial charge in [0.05, 0.1) is 26.9 Å². The van der Waals surface area contributed by atoms with E-state index in [1.165, 1.54) is 7.11 Å². The van der Waals surface area contributed by atoms with Gasteiger partial charge < -0.3 is 18.9 Å². The minimum Gasteiger partial charge on any atom is -0.490 e. The predicted molar refractivity (Wildman–Crippen MR) is 82.1 cm³/mol. The van der Waals surface area contributed by atoms with E-state index in [1.54, 1.807) is 0 Å². The fourth-order valence-electron chi connectivity index (χ4n) is 2.17. The average Bonchev–Trinajstić information content (AvgIpc) is 3.30. The van der Waals surface area contributed by atoms with Gasteiger partial charge in [0.1, 0.15) is 6.04 Å². The molecule has 0 saturated carbocycles. The zero-order chi connectivity index (χ0) is 16.1. The highest BCUT2D eigenvalue weighted by molar-refractivity contribution is 6.44. The Balaban J connectivity index is 2.34. The summed E-state index contributed by atoms with van der Waals surface area (Å²) in [6.45, 7) is 7.22. The molecular formula is C16H21NO5. The Morgan fingerprint density at radius 2 is 1.59 bits per heavy atom. The van der Waals surface area contributed by atoms with Gasteiger partial charge in [-0.2, -0.15) is 0 Å².